The fourth-order valence-electron chi connectivity index (χ4n) is 2.87. The zero-order valence-electron chi connectivity index (χ0n) is 20.3. The molecule has 18 heteroatoms. The highest BCUT2D eigenvalue weighted by Gasteiger charge is 2.45. The Bertz CT molecular complexity index is 1180. The summed E-state index contributed by atoms with van der Waals surface area (Å²) in [5.74, 6) is -4.49. The molecule has 214 valence electrons. The van der Waals surface area contributed by atoms with Crippen LogP contribution in [-0.2, 0) is 29.2 Å². The number of rotatable bonds is 10. The van der Waals surface area contributed by atoms with Crippen LogP contribution >= 0.6 is 67.8 Å². The van der Waals surface area contributed by atoms with Crippen LogP contribution in [0.25, 0.3) is 0 Å². The Morgan fingerprint density at radius 1 is 0.974 bits per heavy atom. The molecule has 1 aromatic rings. The SMILES string of the molecule is CC(=O)N(C)c1c(I)c(C(=O)NCCCC(=O)OC(CS(=O)(=O)O)C(F)(F)F)c(I)c(N(C)C(C)=O)c1I. The molecule has 0 saturated heterocycles. The Hall–Kier alpha value is -1.01. The zero-order chi connectivity index (χ0) is 29.7. The van der Waals surface area contributed by atoms with Gasteiger partial charge in [0, 0.05) is 40.9 Å². The summed E-state index contributed by atoms with van der Waals surface area (Å²) in [5.41, 5.74) is 0.937. The lowest BCUT2D eigenvalue weighted by Gasteiger charge is -2.27. The number of esters is 1. The van der Waals surface area contributed by atoms with E-state index in [1.165, 1.54) is 37.7 Å². The molecule has 3 amide bonds. The molecule has 1 rings (SSSR count). The van der Waals surface area contributed by atoms with Crippen LogP contribution in [0.1, 0.15) is 37.0 Å². The van der Waals surface area contributed by atoms with Crippen molar-refractivity contribution in [3.63, 3.8) is 0 Å². The second kappa shape index (κ2) is 14.1. The van der Waals surface area contributed by atoms with Gasteiger partial charge in [0.1, 0.15) is 5.75 Å². The van der Waals surface area contributed by atoms with E-state index in [-0.39, 0.29) is 30.3 Å². The molecule has 0 bridgehead atoms. The number of alkyl halides is 3. The molecule has 2 N–H and O–H groups in total. The van der Waals surface area contributed by atoms with Crippen LogP contribution in [0.15, 0.2) is 0 Å². The van der Waals surface area contributed by atoms with E-state index in [2.05, 4.69) is 10.1 Å². The van der Waals surface area contributed by atoms with E-state index in [1.807, 2.05) is 67.8 Å². The minimum absolute atomic E-state index is 0.144. The molecule has 0 saturated carbocycles. The number of halogens is 6. The average molecular weight is 903 g/mol. The van der Waals surface area contributed by atoms with Gasteiger partial charge in [-0.05, 0) is 74.2 Å². The molecule has 1 unspecified atom stereocenters. The number of benzene rings is 1. The van der Waals surface area contributed by atoms with Gasteiger partial charge in [-0.15, -0.1) is 0 Å². The van der Waals surface area contributed by atoms with E-state index in [4.69, 9.17) is 4.55 Å². The Labute approximate surface area is 257 Å². The Morgan fingerprint density at radius 2 is 1.42 bits per heavy atom. The lowest BCUT2D eigenvalue weighted by molar-refractivity contribution is -0.215. The average Bonchev–Trinajstić information content (AvgIpc) is 2.74. The lowest BCUT2D eigenvalue weighted by Crippen LogP contribution is -2.39. The number of anilines is 2. The van der Waals surface area contributed by atoms with Crippen molar-refractivity contribution < 1.29 is 50.1 Å². The van der Waals surface area contributed by atoms with Gasteiger partial charge >= 0.3 is 12.1 Å². The summed E-state index contributed by atoms with van der Waals surface area (Å²) in [4.78, 5) is 51.8. The van der Waals surface area contributed by atoms with Gasteiger partial charge in [0.2, 0.25) is 17.9 Å². The maximum absolute atomic E-state index is 13.1. The van der Waals surface area contributed by atoms with Gasteiger partial charge in [0.25, 0.3) is 16.0 Å². The molecule has 11 nitrogen and oxygen atoms in total. The fourth-order valence-corrected chi connectivity index (χ4v) is 8.61. The van der Waals surface area contributed by atoms with Crippen LogP contribution in [0.2, 0.25) is 0 Å². The van der Waals surface area contributed by atoms with E-state index in [9.17, 15) is 40.8 Å². The summed E-state index contributed by atoms with van der Waals surface area (Å²) in [5, 5.41) is 2.54. The Balaban J connectivity index is 3.12. The molecule has 0 aliphatic rings. The molecule has 0 aliphatic carbocycles. The first-order valence-electron chi connectivity index (χ1n) is 10.4. The topological polar surface area (TPSA) is 150 Å². The number of nitrogens with zero attached hydrogens (tertiary/aromatic N) is 2. The largest absolute Gasteiger partial charge is 0.451 e. The predicted octanol–water partition coefficient (Wildman–Crippen LogP) is 3.34. The number of hydrogen-bond acceptors (Lipinski definition) is 7. The summed E-state index contributed by atoms with van der Waals surface area (Å²) in [6.45, 7) is 2.49. The number of nitrogens with one attached hydrogen (secondary N) is 1. The number of carbonyl (C=O) groups excluding carboxylic acids is 4. The maximum atomic E-state index is 13.1. The van der Waals surface area contributed by atoms with Crippen molar-refractivity contribution in [2.24, 2.45) is 0 Å². The summed E-state index contributed by atoms with van der Waals surface area (Å²) in [6.07, 6.45) is -9.00. The zero-order valence-corrected chi connectivity index (χ0v) is 27.6. The van der Waals surface area contributed by atoms with Gasteiger partial charge in [0.15, 0.2) is 0 Å². The van der Waals surface area contributed by atoms with Crippen molar-refractivity contribution in [3.8, 4) is 0 Å². The van der Waals surface area contributed by atoms with E-state index < -0.39 is 46.4 Å². The van der Waals surface area contributed by atoms with Crippen molar-refractivity contribution in [2.45, 2.75) is 39.0 Å². The molecule has 0 aromatic heterocycles. The van der Waals surface area contributed by atoms with E-state index in [0.717, 1.165) is 0 Å². The van der Waals surface area contributed by atoms with Crippen LogP contribution in [-0.4, -0.2) is 75.3 Å². The summed E-state index contributed by atoms with van der Waals surface area (Å²) >= 11 is 5.78. The summed E-state index contributed by atoms with van der Waals surface area (Å²) in [7, 11) is -2.05. The molecule has 0 spiro atoms. The fraction of sp³-hybridized carbons (Fsp3) is 0.500. The Morgan fingerprint density at radius 3 is 1.79 bits per heavy atom. The van der Waals surface area contributed by atoms with E-state index in [1.54, 1.807) is 0 Å². The normalized spacial score (nSPS) is 12.5. The minimum Gasteiger partial charge on any atom is -0.451 e. The summed E-state index contributed by atoms with van der Waals surface area (Å²) in [6, 6.07) is 0. The molecule has 0 fully saturated rings. The number of hydrogen-bond donors (Lipinski definition) is 2. The quantitative estimate of drug-likeness (QED) is 0.157. The third kappa shape index (κ3) is 9.57. The van der Waals surface area contributed by atoms with Crippen LogP contribution in [0.5, 0.6) is 0 Å². The summed E-state index contributed by atoms with van der Waals surface area (Å²) < 4.78 is 74.5. The smallest absolute Gasteiger partial charge is 0.426 e. The second-order valence-corrected chi connectivity index (χ2v) is 12.5. The van der Waals surface area contributed by atoms with Crippen LogP contribution in [0, 0.1) is 10.7 Å². The molecule has 0 aliphatic heterocycles. The van der Waals surface area contributed by atoms with Gasteiger partial charge in [0.05, 0.1) is 27.6 Å². The maximum Gasteiger partial charge on any atom is 0.426 e. The molecule has 0 heterocycles. The highest BCUT2D eigenvalue weighted by atomic mass is 127. The van der Waals surface area contributed by atoms with Gasteiger partial charge in [-0.2, -0.15) is 21.6 Å². The van der Waals surface area contributed by atoms with Crippen molar-refractivity contribution >= 4 is 113 Å². The van der Waals surface area contributed by atoms with E-state index in [0.29, 0.717) is 22.1 Å². The van der Waals surface area contributed by atoms with Crippen molar-refractivity contribution in [2.75, 3.05) is 36.2 Å². The highest BCUT2D eigenvalue weighted by molar-refractivity contribution is 14.1. The number of ether oxygens (including phenoxy) is 1. The number of amides is 3. The molecular formula is C20H23F3I3N3O8S. The lowest BCUT2D eigenvalue weighted by atomic mass is 10.1. The van der Waals surface area contributed by atoms with Crippen LogP contribution < -0.4 is 15.1 Å². The van der Waals surface area contributed by atoms with Crippen molar-refractivity contribution in [1.82, 2.24) is 5.32 Å². The first-order valence-corrected chi connectivity index (χ1v) is 15.2. The van der Waals surface area contributed by atoms with Crippen molar-refractivity contribution in [1.29, 1.82) is 0 Å². The molecule has 1 aromatic carbocycles. The minimum atomic E-state index is -5.21. The molecule has 38 heavy (non-hydrogen) atoms. The highest BCUT2D eigenvalue weighted by Crippen LogP contribution is 2.42. The third-order valence-electron chi connectivity index (χ3n) is 4.96. The van der Waals surface area contributed by atoms with Gasteiger partial charge in [-0.3, -0.25) is 23.7 Å². The monoisotopic (exact) mass is 903 g/mol. The third-order valence-corrected chi connectivity index (χ3v) is 8.80. The van der Waals surface area contributed by atoms with Crippen molar-refractivity contribution in [3.05, 3.63) is 16.3 Å². The standard InChI is InChI=1S/C20H23F3I3N3O8S/c1-9(30)28(3)17-14(24)13(15(25)18(16(17)26)29(4)10(2)31)19(33)27-7-5-6-12(32)37-11(20(21,22)23)8-38(34,35)36/h11H,5-8H2,1-4H3,(H,27,33)(H,34,35,36). The predicted molar refractivity (Wildman–Crippen MR) is 157 cm³/mol. The Kier molecular flexibility index (Phi) is 13.0. The first kappa shape index (κ1) is 35.0. The first-order chi connectivity index (χ1) is 17.2. The van der Waals surface area contributed by atoms with Crippen LogP contribution in [0.3, 0.4) is 0 Å². The van der Waals surface area contributed by atoms with Gasteiger partial charge in [-0.25, -0.2) is 0 Å². The van der Waals surface area contributed by atoms with Gasteiger partial charge in [-0.1, -0.05) is 0 Å². The van der Waals surface area contributed by atoms with Gasteiger partial charge < -0.3 is 19.9 Å². The van der Waals surface area contributed by atoms with Crippen LogP contribution in [0.4, 0.5) is 24.5 Å². The molecule has 0 radical (unpaired) electrons. The van der Waals surface area contributed by atoms with E-state index >= 15 is 0 Å². The molecular weight excluding hydrogens is 880 g/mol. The number of carbonyl (C=O) groups is 4. The second-order valence-electron chi connectivity index (χ2n) is 7.80. The molecule has 1 atom stereocenters.